The minimum absolute atomic E-state index is 0.107. The number of fused-ring (bicyclic) bond motifs is 2. The van der Waals surface area contributed by atoms with Crippen LogP contribution in [-0.4, -0.2) is 31.6 Å². The predicted octanol–water partition coefficient (Wildman–Crippen LogP) is 5.25. The van der Waals surface area contributed by atoms with E-state index in [0.717, 1.165) is 9.79 Å². The predicted molar refractivity (Wildman–Crippen MR) is 125 cm³/mol. The van der Waals surface area contributed by atoms with Crippen molar-refractivity contribution >= 4 is 46.7 Å². The number of carbonyl (C=O) groups excluding carboxylic acids is 3. The van der Waals surface area contributed by atoms with Crippen LogP contribution in [0.3, 0.4) is 0 Å². The van der Waals surface area contributed by atoms with E-state index in [1.54, 1.807) is 55.3 Å². The molecule has 8 heteroatoms. The first-order valence-electron chi connectivity index (χ1n) is 10.0. The zero-order chi connectivity index (χ0) is 22.7. The number of urea groups is 1. The van der Waals surface area contributed by atoms with Gasteiger partial charge in [0.15, 0.2) is 0 Å². The van der Waals surface area contributed by atoms with E-state index in [4.69, 9.17) is 4.74 Å². The van der Waals surface area contributed by atoms with Gasteiger partial charge in [-0.1, -0.05) is 30.0 Å². The molecule has 3 aromatic carbocycles. The summed E-state index contributed by atoms with van der Waals surface area (Å²) in [5.41, 5.74) is 2.70. The Hall–Kier alpha value is -3.78. The first-order valence-corrected chi connectivity index (χ1v) is 10.8. The normalized spacial score (nSPS) is 12.3. The number of nitrogens with one attached hydrogen (secondary N) is 2. The van der Waals surface area contributed by atoms with E-state index in [-0.39, 0.29) is 12.5 Å². The Morgan fingerprint density at radius 3 is 2.47 bits per heavy atom. The van der Waals surface area contributed by atoms with Crippen LogP contribution in [0.2, 0.25) is 0 Å². The summed E-state index contributed by atoms with van der Waals surface area (Å²) >= 11 is 1.51. The molecule has 0 fully saturated rings. The van der Waals surface area contributed by atoms with Gasteiger partial charge in [-0.2, -0.15) is 0 Å². The van der Waals surface area contributed by atoms with Crippen LogP contribution in [0, 0.1) is 0 Å². The third-order valence-electron chi connectivity index (χ3n) is 4.85. The number of rotatable bonds is 4. The second-order valence-electron chi connectivity index (χ2n) is 7.03. The van der Waals surface area contributed by atoms with Crippen LogP contribution < -0.4 is 15.5 Å². The molecule has 4 rings (SSSR count). The molecule has 1 heterocycles. The van der Waals surface area contributed by atoms with Crippen LogP contribution >= 0.6 is 11.8 Å². The summed E-state index contributed by atoms with van der Waals surface area (Å²) in [4.78, 5) is 40.7. The summed E-state index contributed by atoms with van der Waals surface area (Å²) in [5.74, 6) is -0.558. The molecule has 0 aromatic heterocycles. The van der Waals surface area contributed by atoms with Crippen LogP contribution in [-0.2, 0) is 4.74 Å². The van der Waals surface area contributed by atoms with Gasteiger partial charge in [-0.25, -0.2) is 9.59 Å². The average molecular weight is 448 g/mol. The van der Waals surface area contributed by atoms with Crippen molar-refractivity contribution in [2.75, 3.05) is 29.2 Å². The molecule has 1 aliphatic heterocycles. The maximum atomic E-state index is 12.9. The first-order chi connectivity index (χ1) is 15.5. The van der Waals surface area contributed by atoms with Crippen molar-refractivity contribution in [3.8, 4) is 0 Å². The van der Waals surface area contributed by atoms with Gasteiger partial charge in [0.1, 0.15) is 0 Å². The van der Waals surface area contributed by atoms with Gasteiger partial charge in [0.2, 0.25) is 0 Å². The number of carbonyl (C=O) groups is 3. The van der Waals surface area contributed by atoms with Crippen LogP contribution in [0.1, 0.15) is 27.6 Å². The number of nitrogens with zero attached hydrogens (tertiary/aromatic N) is 1. The highest BCUT2D eigenvalue weighted by Crippen LogP contribution is 2.41. The van der Waals surface area contributed by atoms with Crippen molar-refractivity contribution in [1.29, 1.82) is 0 Å². The fourth-order valence-corrected chi connectivity index (χ4v) is 4.40. The molecule has 1 aliphatic rings. The lowest BCUT2D eigenvalue weighted by Crippen LogP contribution is -2.26. The summed E-state index contributed by atoms with van der Waals surface area (Å²) in [6.07, 6.45) is 0. The minimum Gasteiger partial charge on any atom is -0.462 e. The van der Waals surface area contributed by atoms with Crippen molar-refractivity contribution in [3.05, 3.63) is 77.9 Å². The number of hydrogen-bond donors (Lipinski definition) is 2. The molecule has 0 saturated carbocycles. The molecule has 32 heavy (non-hydrogen) atoms. The Morgan fingerprint density at radius 1 is 0.938 bits per heavy atom. The number of anilines is 3. The molecule has 0 saturated heterocycles. The van der Waals surface area contributed by atoms with Gasteiger partial charge >= 0.3 is 12.0 Å². The summed E-state index contributed by atoms with van der Waals surface area (Å²) in [7, 11) is 1.72. The van der Waals surface area contributed by atoms with Crippen LogP contribution in [0.5, 0.6) is 0 Å². The molecule has 0 spiro atoms. The lowest BCUT2D eigenvalue weighted by Gasteiger charge is -2.18. The Morgan fingerprint density at radius 2 is 1.69 bits per heavy atom. The van der Waals surface area contributed by atoms with E-state index in [1.165, 1.54) is 11.8 Å². The van der Waals surface area contributed by atoms with Gasteiger partial charge in [-0.3, -0.25) is 4.79 Å². The lowest BCUT2D eigenvalue weighted by atomic mass is 10.2. The third kappa shape index (κ3) is 4.45. The molecule has 3 amide bonds. The Balaban J connectivity index is 1.51. The van der Waals surface area contributed by atoms with E-state index < -0.39 is 12.0 Å². The third-order valence-corrected chi connectivity index (χ3v) is 5.99. The van der Waals surface area contributed by atoms with Gasteiger partial charge in [-0.05, 0) is 55.5 Å². The molecule has 3 aromatic rings. The van der Waals surface area contributed by atoms with Crippen molar-refractivity contribution in [1.82, 2.24) is 0 Å². The highest BCUT2D eigenvalue weighted by atomic mass is 32.2. The second kappa shape index (κ2) is 9.15. The monoisotopic (exact) mass is 447 g/mol. The lowest BCUT2D eigenvalue weighted by molar-refractivity contribution is 0.0526. The van der Waals surface area contributed by atoms with E-state index in [9.17, 15) is 14.4 Å². The number of ether oxygens (including phenoxy) is 1. The maximum absolute atomic E-state index is 12.9. The van der Waals surface area contributed by atoms with E-state index in [1.807, 2.05) is 30.3 Å². The first kappa shape index (κ1) is 21.5. The molecule has 0 unspecified atom stereocenters. The van der Waals surface area contributed by atoms with Crippen LogP contribution in [0.15, 0.2) is 76.5 Å². The standard InChI is InChI=1S/C24H21N3O4S/c1-3-31-23(29)15-7-6-8-16(13-15)25-24(30)26-17-11-12-21-19(14-17)27(2)22(28)18-9-4-5-10-20(18)32-21/h4-14H,3H2,1-2H3,(H2,25,26,30). The van der Waals surface area contributed by atoms with Gasteiger partial charge in [0.25, 0.3) is 5.91 Å². The topological polar surface area (TPSA) is 87.7 Å². The number of esters is 1. The molecule has 0 atom stereocenters. The molecular weight excluding hydrogens is 426 g/mol. The van der Waals surface area contributed by atoms with Gasteiger partial charge in [-0.15, -0.1) is 0 Å². The fraction of sp³-hybridized carbons (Fsp3) is 0.125. The fourth-order valence-electron chi connectivity index (χ4n) is 3.32. The summed E-state index contributed by atoms with van der Waals surface area (Å²) in [5, 5.41) is 5.49. The van der Waals surface area contributed by atoms with Crippen molar-refractivity contribution in [3.63, 3.8) is 0 Å². The maximum Gasteiger partial charge on any atom is 0.338 e. The molecule has 0 aliphatic carbocycles. The SMILES string of the molecule is CCOC(=O)c1cccc(NC(=O)Nc2ccc3c(c2)N(C)C(=O)c2ccccc2S3)c1. The molecule has 2 N–H and O–H groups in total. The molecule has 162 valence electrons. The summed E-state index contributed by atoms with van der Waals surface area (Å²) in [6, 6.07) is 19.0. The second-order valence-corrected chi connectivity index (χ2v) is 8.11. The number of amides is 3. The Bertz CT molecular complexity index is 1210. The zero-order valence-electron chi connectivity index (χ0n) is 17.5. The number of hydrogen-bond acceptors (Lipinski definition) is 5. The average Bonchev–Trinajstić information content (AvgIpc) is 2.89. The summed E-state index contributed by atoms with van der Waals surface area (Å²) < 4.78 is 4.99. The Labute approximate surface area is 189 Å². The largest absolute Gasteiger partial charge is 0.462 e. The van der Waals surface area contributed by atoms with Gasteiger partial charge < -0.3 is 20.3 Å². The Kier molecular flexibility index (Phi) is 6.13. The van der Waals surface area contributed by atoms with E-state index in [2.05, 4.69) is 10.6 Å². The van der Waals surface area contributed by atoms with E-state index in [0.29, 0.717) is 28.2 Å². The minimum atomic E-state index is -0.468. The van der Waals surface area contributed by atoms with Crippen molar-refractivity contribution in [2.45, 2.75) is 16.7 Å². The highest BCUT2D eigenvalue weighted by Gasteiger charge is 2.24. The van der Waals surface area contributed by atoms with Crippen LogP contribution in [0.25, 0.3) is 0 Å². The van der Waals surface area contributed by atoms with Crippen molar-refractivity contribution < 1.29 is 19.1 Å². The zero-order valence-corrected chi connectivity index (χ0v) is 18.4. The summed E-state index contributed by atoms with van der Waals surface area (Å²) in [6.45, 7) is 2.01. The molecule has 7 nitrogen and oxygen atoms in total. The van der Waals surface area contributed by atoms with Gasteiger partial charge in [0, 0.05) is 28.2 Å². The highest BCUT2D eigenvalue weighted by molar-refractivity contribution is 7.99. The molecule has 0 bridgehead atoms. The van der Waals surface area contributed by atoms with E-state index >= 15 is 0 Å². The smallest absolute Gasteiger partial charge is 0.338 e. The number of benzene rings is 3. The molecule has 0 radical (unpaired) electrons. The van der Waals surface area contributed by atoms with Crippen molar-refractivity contribution in [2.24, 2.45) is 0 Å². The quantitative estimate of drug-likeness (QED) is 0.534. The molecular formula is C24H21N3O4S. The van der Waals surface area contributed by atoms with Gasteiger partial charge in [0.05, 0.1) is 23.4 Å². The van der Waals surface area contributed by atoms with Crippen LogP contribution in [0.4, 0.5) is 21.9 Å².